The lowest BCUT2D eigenvalue weighted by Crippen LogP contribution is -2.24. The molecule has 0 unspecified atom stereocenters. The molecule has 0 spiro atoms. The van der Waals surface area contributed by atoms with Crippen molar-refractivity contribution in [2.45, 2.75) is 32.4 Å². The van der Waals surface area contributed by atoms with Gasteiger partial charge in [0.15, 0.2) is 0 Å². The van der Waals surface area contributed by atoms with Gasteiger partial charge >= 0.3 is 11.9 Å². The van der Waals surface area contributed by atoms with Crippen molar-refractivity contribution in [2.75, 3.05) is 0 Å². The van der Waals surface area contributed by atoms with Gasteiger partial charge < -0.3 is 0 Å². The number of benzene rings is 2. The van der Waals surface area contributed by atoms with E-state index in [0.717, 1.165) is 12.1 Å². The first-order valence-corrected chi connectivity index (χ1v) is 9.03. The van der Waals surface area contributed by atoms with Gasteiger partial charge in [0.05, 0.1) is 22.5 Å². The van der Waals surface area contributed by atoms with Crippen LogP contribution in [0.1, 0.15) is 31.0 Å². The lowest BCUT2D eigenvalue weighted by molar-refractivity contribution is -0.137. The summed E-state index contributed by atoms with van der Waals surface area (Å²) in [5, 5.41) is 0.596. The number of rotatable bonds is 4. The van der Waals surface area contributed by atoms with E-state index in [1.54, 1.807) is 30.3 Å². The maximum absolute atomic E-state index is 13.3. The minimum atomic E-state index is -4.48. The van der Waals surface area contributed by atoms with Crippen molar-refractivity contribution in [1.82, 2.24) is 9.55 Å². The van der Waals surface area contributed by atoms with Gasteiger partial charge in [-0.05, 0) is 55.4 Å². The van der Waals surface area contributed by atoms with Gasteiger partial charge in [0.2, 0.25) is 0 Å². The fourth-order valence-electron chi connectivity index (χ4n) is 3.58. The smallest absolute Gasteiger partial charge is 0.260 e. The Balaban J connectivity index is 1.96. The van der Waals surface area contributed by atoms with Crippen molar-refractivity contribution in [2.24, 2.45) is 11.8 Å². The Bertz CT molecular complexity index is 1040. The largest absolute Gasteiger partial charge is 0.416 e. The van der Waals surface area contributed by atoms with E-state index in [2.05, 4.69) is 11.9 Å². The van der Waals surface area contributed by atoms with Crippen LogP contribution in [0.2, 0.25) is 0 Å². The van der Waals surface area contributed by atoms with Gasteiger partial charge in [-0.2, -0.15) is 18.2 Å². The third kappa shape index (κ3) is 3.48. The van der Waals surface area contributed by atoms with Gasteiger partial charge in [0.25, 0.3) is 0 Å². The molecule has 0 bridgehead atoms. The van der Waals surface area contributed by atoms with Crippen LogP contribution in [-0.4, -0.2) is 9.55 Å². The van der Waals surface area contributed by atoms with E-state index >= 15 is 0 Å². The molecular weight excluding hydrogens is 353 g/mol. The van der Waals surface area contributed by atoms with Gasteiger partial charge in [0.1, 0.15) is 0 Å². The fourth-order valence-corrected chi connectivity index (χ4v) is 3.58. The zero-order chi connectivity index (χ0) is 19.2. The number of fused-ring (bicyclic) bond motifs is 1. The average molecular weight is 372 g/mol. The zero-order valence-corrected chi connectivity index (χ0v) is 14.8. The summed E-state index contributed by atoms with van der Waals surface area (Å²) in [5.74, 6) is 0.975. The Morgan fingerprint density at radius 2 is 1.85 bits per heavy atom. The van der Waals surface area contributed by atoms with Crippen molar-refractivity contribution in [3.05, 3.63) is 70.3 Å². The molecule has 27 heavy (non-hydrogen) atoms. The Labute approximate surface area is 154 Å². The second-order valence-electron chi connectivity index (χ2n) is 7.26. The van der Waals surface area contributed by atoms with Crippen LogP contribution in [0.4, 0.5) is 13.2 Å². The molecule has 0 amide bonds. The monoisotopic (exact) mass is 372 g/mol. The van der Waals surface area contributed by atoms with Crippen molar-refractivity contribution in [3.8, 4) is 5.69 Å². The second kappa shape index (κ2) is 6.51. The fraction of sp³-hybridized carbons (Fsp3) is 0.333. The summed E-state index contributed by atoms with van der Waals surface area (Å²) < 4.78 is 41.1. The first-order valence-electron chi connectivity index (χ1n) is 9.03. The maximum Gasteiger partial charge on any atom is 0.416 e. The van der Waals surface area contributed by atoms with E-state index < -0.39 is 17.4 Å². The van der Waals surface area contributed by atoms with Crippen LogP contribution < -0.4 is 5.69 Å². The number of hydrogen-bond donors (Lipinski definition) is 0. The summed E-state index contributed by atoms with van der Waals surface area (Å²) in [4.78, 5) is 17.0. The lowest BCUT2D eigenvalue weighted by Gasteiger charge is -2.17. The van der Waals surface area contributed by atoms with E-state index in [0.29, 0.717) is 35.0 Å². The van der Waals surface area contributed by atoms with E-state index in [4.69, 9.17) is 0 Å². The highest BCUT2D eigenvalue weighted by atomic mass is 19.4. The van der Waals surface area contributed by atoms with E-state index in [1.165, 1.54) is 23.5 Å². The second-order valence-corrected chi connectivity index (χ2v) is 7.26. The third-order valence-electron chi connectivity index (χ3n) is 5.26. The van der Waals surface area contributed by atoms with Gasteiger partial charge in [-0.3, -0.25) is 4.57 Å². The van der Waals surface area contributed by atoms with Gasteiger partial charge in [-0.15, -0.1) is 0 Å². The summed E-state index contributed by atoms with van der Waals surface area (Å²) in [6, 6.07) is 12.2. The van der Waals surface area contributed by atoms with Crippen LogP contribution in [0, 0.1) is 11.8 Å². The normalized spacial score (nSPS) is 15.9. The topological polar surface area (TPSA) is 34.9 Å². The van der Waals surface area contributed by atoms with Gasteiger partial charge in [0, 0.05) is 5.39 Å². The van der Waals surface area contributed by atoms with Crippen LogP contribution in [-0.2, 0) is 12.6 Å². The number of para-hydroxylation sites is 1. The summed E-state index contributed by atoms with van der Waals surface area (Å²) in [6.07, 6.45) is -1.55. The van der Waals surface area contributed by atoms with Crippen molar-refractivity contribution < 1.29 is 13.2 Å². The standard InChI is InChI=1S/C21H19F3N2O/c1-13(14-7-8-14)11-18-17-10-9-15(21(22,23)24)12-19(17)26(20(27)25-18)16-5-3-2-4-6-16/h2-6,9-10,12-14H,7-8,11H2,1H3/t13-/m0/s1. The highest BCUT2D eigenvalue weighted by molar-refractivity contribution is 5.83. The predicted molar refractivity (Wildman–Crippen MR) is 97.9 cm³/mol. The first kappa shape index (κ1) is 17.8. The third-order valence-corrected chi connectivity index (χ3v) is 5.26. The summed E-state index contributed by atoms with van der Waals surface area (Å²) >= 11 is 0. The first-order chi connectivity index (χ1) is 12.8. The SMILES string of the molecule is C[C@@H](Cc1nc(=O)n(-c2ccccc2)c2cc(C(F)(F)F)ccc12)C1CC1. The Morgan fingerprint density at radius 1 is 1.15 bits per heavy atom. The van der Waals surface area contributed by atoms with Crippen molar-refractivity contribution in [1.29, 1.82) is 0 Å². The molecule has 1 aliphatic carbocycles. The molecule has 0 saturated heterocycles. The summed E-state index contributed by atoms with van der Waals surface area (Å²) in [6.45, 7) is 2.11. The van der Waals surface area contributed by atoms with E-state index in [9.17, 15) is 18.0 Å². The Hall–Kier alpha value is -2.63. The molecule has 1 heterocycles. The van der Waals surface area contributed by atoms with Crippen molar-refractivity contribution in [3.63, 3.8) is 0 Å². The van der Waals surface area contributed by atoms with Crippen molar-refractivity contribution >= 4 is 10.9 Å². The zero-order valence-electron chi connectivity index (χ0n) is 14.8. The molecular formula is C21H19F3N2O. The number of alkyl halides is 3. The van der Waals surface area contributed by atoms with Crippen LogP contribution in [0.15, 0.2) is 53.3 Å². The number of halogens is 3. The Morgan fingerprint density at radius 3 is 2.48 bits per heavy atom. The number of nitrogens with zero attached hydrogens (tertiary/aromatic N) is 2. The number of aromatic nitrogens is 2. The summed E-state index contributed by atoms with van der Waals surface area (Å²) in [7, 11) is 0. The predicted octanol–water partition coefficient (Wildman–Crippen LogP) is 4.99. The Kier molecular flexibility index (Phi) is 4.29. The molecule has 0 aliphatic heterocycles. The maximum atomic E-state index is 13.3. The molecule has 1 aliphatic rings. The highest BCUT2D eigenvalue weighted by Crippen LogP contribution is 2.39. The van der Waals surface area contributed by atoms with Gasteiger partial charge in [-0.1, -0.05) is 31.2 Å². The van der Waals surface area contributed by atoms with Crippen LogP contribution in [0.5, 0.6) is 0 Å². The molecule has 1 atom stereocenters. The molecule has 1 fully saturated rings. The van der Waals surface area contributed by atoms with Crippen LogP contribution >= 0.6 is 0 Å². The van der Waals surface area contributed by atoms with E-state index in [1.807, 2.05) is 0 Å². The molecule has 3 nitrogen and oxygen atoms in total. The van der Waals surface area contributed by atoms with E-state index in [-0.39, 0.29) is 5.52 Å². The average Bonchev–Trinajstić information content (AvgIpc) is 3.46. The number of hydrogen-bond acceptors (Lipinski definition) is 2. The molecule has 1 saturated carbocycles. The van der Waals surface area contributed by atoms with Crippen LogP contribution in [0.3, 0.4) is 0 Å². The summed E-state index contributed by atoms with van der Waals surface area (Å²) in [5.41, 5.74) is 0.00272. The van der Waals surface area contributed by atoms with Crippen LogP contribution in [0.25, 0.3) is 16.6 Å². The molecule has 140 valence electrons. The molecule has 3 aromatic rings. The lowest BCUT2D eigenvalue weighted by atomic mass is 9.97. The molecule has 0 N–H and O–H groups in total. The highest BCUT2D eigenvalue weighted by Gasteiger charge is 2.32. The molecule has 4 rings (SSSR count). The minimum Gasteiger partial charge on any atom is -0.260 e. The molecule has 1 aromatic heterocycles. The quantitative estimate of drug-likeness (QED) is 0.646. The molecule has 0 radical (unpaired) electrons. The minimum absolute atomic E-state index is 0.244. The van der Waals surface area contributed by atoms with Gasteiger partial charge in [-0.25, -0.2) is 4.79 Å². The molecule has 2 aromatic carbocycles. The molecule has 6 heteroatoms.